The van der Waals surface area contributed by atoms with Crippen molar-refractivity contribution in [2.45, 2.75) is 63.7 Å². The maximum Gasteiger partial charge on any atom is 0.335 e. The number of anilines is 1. The number of phenolic OH excluding ortho intramolecular Hbond substituents is 1. The molecule has 0 spiro atoms. The molecule has 0 aliphatic carbocycles. The average Bonchev–Trinajstić information content (AvgIpc) is 3.00. The number of phenols is 1. The number of carbonyl (C=O) groups is 5. The van der Waals surface area contributed by atoms with E-state index in [0.717, 1.165) is 5.56 Å². The average molecular weight is 619 g/mol. The number of nitrogens with one attached hydrogen (secondary N) is 4. The number of carbonyl (C=O) groups excluding carboxylic acids is 3. The zero-order valence-corrected chi connectivity index (χ0v) is 25.2. The van der Waals surface area contributed by atoms with Gasteiger partial charge in [0.2, 0.25) is 17.7 Å². The van der Waals surface area contributed by atoms with Crippen molar-refractivity contribution in [3.63, 3.8) is 0 Å². The van der Waals surface area contributed by atoms with Crippen molar-refractivity contribution in [1.29, 1.82) is 0 Å². The van der Waals surface area contributed by atoms with E-state index in [1.54, 1.807) is 12.1 Å². The molecule has 3 aromatic carbocycles. The van der Waals surface area contributed by atoms with Crippen LogP contribution in [0.3, 0.4) is 0 Å². The number of carboxylic acids is 2. The quantitative estimate of drug-likeness (QED) is 0.134. The zero-order valence-electron chi connectivity index (χ0n) is 25.2. The molecule has 0 aliphatic heterocycles. The molecule has 7 N–H and O–H groups in total. The van der Waals surface area contributed by atoms with Gasteiger partial charge in [-0.1, -0.05) is 42.5 Å². The summed E-state index contributed by atoms with van der Waals surface area (Å²) in [4.78, 5) is 62.8. The lowest BCUT2D eigenvalue weighted by atomic mass is 10.00. The first-order chi connectivity index (χ1) is 21.2. The second-order valence-corrected chi connectivity index (χ2v) is 11.2. The second-order valence-electron chi connectivity index (χ2n) is 11.2. The van der Waals surface area contributed by atoms with Crippen molar-refractivity contribution in [2.75, 3.05) is 5.32 Å². The topological polar surface area (TPSA) is 194 Å². The van der Waals surface area contributed by atoms with Crippen molar-refractivity contribution < 1.29 is 39.3 Å². The summed E-state index contributed by atoms with van der Waals surface area (Å²) < 4.78 is 0. The van der Waals surface area contributed by atoms with Crippen LogP contribution in [0.1, 0.15) is 48.7 Å². The number of aliphatic carboxylic acids is 1. The monoisotopic (exact) mass is 618 g/mol. The van der Waals surface area contributed by atoms with Gasteiger partial charge in [-0.05, 0) is 81.1 Å². The smallest absolute Gasteiger partial charge is 0.335 e. The third-order valence-corrected chi connectivity index (χ3v) is 7.11. The predicted molar refractivity (Wildman–Crippen MR) is 167 cm³/mol. The Labute approximate surface area is 260 Å². The first kappa shape index (κ1) is 34.3. The van der Waals surface area contributed by atoms with Gasteiger partial charge in [0.05, 0.1) is 11.6 Å². The largest absolute Gasteiger partial charge is 0.508 e. The minimum atomic E-state index is -1.51. The van der Waals surface area contributed by atoms with Crippen molar-refractivity contribution >= 4 is 35.3 Å². The second kappa shape index (κ2) is 15.5. The maximum absolute atomic E-state index is 13.4. The lowest BCUT2D eigenvalue weighted by molar-refractivity contribution is -0.140. The van der Waals surface area contributed by atoms with E-state index in [-0.39, 0.29) is 24.2 Å². The van der Waals surface area contributed by atoms with E-state index in [1.807, 2.05) is 30.3 Å². The van der Waals surface area contributed by atoms with E-state index in [4.69, 9.17) is 5.11 Å². The lowest BCUT2D eigenvalue weighted by Gasteiger charge is -2.30. The summed E-state index contributed by atoms with van der Waals surface area (Å²) in [5, 5.41) is 39.2. The number of aryl methyl sites for hydroxylation is 1. The third-order valence-electron chi connectivity index (χ3n) is 7.11. The van der Waals surface area contributed by atoms with Gasteiger partial charge >= 0.3 is 11.9 Å². The normalized spacial score (nSPS) is 13.1. The minimum absolute atomic E-state index is 0.0269. The number of benzene rings is 3. The summed E-state index contributed by atoms with van der Waals surface area (Å²) in [6.45, 7) is 4.41. The summed E-state index contributed by atoms with van der Waals surface area (Å²) in [6.07, 6.45) is 0.768. The molecule has 0 saturated carbocycles. The van der Waals surface area contributed by atoms with Crippen LogP contribution in [0, 0.1) is 0 Å². The lowest BCUT2D eigenvalue weighted by Crippen LogP contribution is -2.61. The Bertz CT molecular complexity index is 1490. The molecule has 45 heavy (non-hydrogen) atoms. The highest BCUT2D eigenvalue weighted by Crippen LogP contribution is 2.15. The fourth-order valence-corrected chi connectivity index (χ4v) is 4.43. The van der Waals surface area contributed by atoms with Crippen LogP contribution in [0.2, 0.25) is 0 Å². The molecule has 0 fully saturated rings. The Morgan fingerprint density at radius 2 is 1.40 bits per heavy atom. The van der Waals surface area contributed by atoms with Gasteiger partial charge < -0.3 is 31.3 Å². The van der Waals surface area contributed by atoms with Gasteiger partial charge in [0.25, 0.3) is 0 Å². The summed E-state index contributed by atoms with van der Waals surface area (Å²) in [5.41, 5.74) is 0.427. The highest BCUT2D eigenvalue weighted by molar-refractivity contribution is 6.00. The highest BCUT2D eigenvalue weighted by atomic mass is 16.4. The molecule has 0 aliphatic rings. The van der Waals surface area contributed by atoms with Gasteiger partial charge in [-0.25, -0.2) is 4.79 Å². The SMILES string of the molecule is C[C@H](NC(CCc1ccccc1)C(=O)O)C(=O)NC(C)(C)C(=O)NC(Cc1ccc(O)cc1)C(=O)Nc1ccc(C(=O)O)cc1. The van der Waals surface area contributed by atoms with E-state index in [0.29, 0.717) is 17.7 Å². The molecule has 3 rings (SSSR count). The predicted octanol–water partition coefficient (Wildman–Crippen LogP) is 2.72. The number of carboxylic acid groups (broad SMARTS) is 2. The third kappa shape index (κ3) is 10.5. The number of aromatic carboxylic acids is 1. The van der Waals surface area contributed by atoms with Crippen molar-refractivity contribution in [3.8, 4) is 5.75 Å². The highest BCUT2D eigenvalue weighted by Gasteiger charge is 2.35. The molecule has 2 unspecified atom stereocenters. The van der Waals surface area contributed by atoms with Crippen molar-refractivity contribution in [1.82, 2.24) is 16.0 Å². The number of hydrogen-bond acceptors (Lipinski definition) is 7. The van der Waals surface area contributed by atoms with Gasteiger partial charge in [-0.2, -0.15) is 0 Å². The number of amides is 3. The number of rotatable bonds is 15. The fraction of sp³-hybridized carbons (Fsp3) is 0.303. The van der Waals surface area contributed by atoms with Gasteiger partial charge in [-0.15, -0.1) is 0 Å². The first-order valence-corrected chi connectivity index (χ1v) is 14.3. The van der Waals surface area contributed by atoms with Gasteiger partial charge in [0, 0.05) is 12.1 Å². The van der Waals surface area contributed by atoms with E-state index in [9.17, 15) is 34.2 Å². The summed E-state index contributed by atoms with van der Waals surface area (Å²) in [7, 11) is 0. The van der Waals surface area contributed by atoms with Crippen LogP contribution in [0.25, 0.3) is 0 Å². The zero-order chi connectivity index (χ0) is 33.1. The Morgan fingerprint density at radius 3 is 1.98 bits per heavy atom. The molecule has 3 amide bonds. The van der Waals surface area contributed by atoms with E-state index < -0.39 is 53.3 Å². The molecule has 3 atom stereocenters. The van der Waals surface area contributed by atoms with E-state index in [1.165, 1.54) is 57.2 Å². The summed E-state index contributed by atoms with van der Waals surface area (Å²) in [5.74, 6) is -4.09. The van der Waals surface area contributed by atoms with Crippen LogP contribution in [0.4, 0.5) is 5.69 Å². The molecule has 0 heterocycles. The van der Waals surface area contributed by atoms with E-state index in [2.05, 4.69) is 21.3 Å². The minimum Gasteiger partial charge on any atom is -0.508 e. The Balaban J connectivity index is 1.68. The molecular formula is C33H38N4O8. The Morgan fingerprint density at radius 1 is 0.778 bits per heavy atom. The van der Waals surface area contributed by atoms with Crippen LogP contribution in [0.15, 0.2) is 78.9 Å². The Kier molecular flexibility index (Phi) is 11.8. The molecule has 12 nitrogen and oxygen atoms in total. The molecule has 0 radical (unpaired) electrons. The molecule has 0 aromatic heterocycles. The molecular weight excluding hydrogens is 580 g/mol. The first-order valence-electron chi connectivity index (χ1n) is 14.3. The van der Waals surface area contributed by atoms with Crippen LogP contribution in [-0.2, 0) is 32.0 Å². The molecule has 238 valence electrons. The van der Waals surface area contributed by atoms with E-state index >= 15 is 0 Å². The number of aromatic hydroxyl groups is 1. The standard InChI is InChI=1S/C33H38N4O8/c1-20(34-26(31(43)44)18-11-21-7-5-4-6-8-21)28(39)37-33(2,3)32(45)36-27(19-22-9-16-25(38)17-10-22)29(40)35-24-14-12-23(13-15-24)30(41)42/h4-10,12-17,20,26-27,34,38H,11,18-19H2,1-3H3,(H,35,40)(H,36,45)(H,37,39)(H,41,42)(H,43,44)/t20-,26?,27?/m0/s1. The summed E-state index contributed by atoms with van der Waals surface area (Å²) >= 11 is 0. The molecule has 3 aromatic rings. The van der Waals surface area contributed by atoms with Crippen LogP contribution in [-0.4, -0.2) is 68.6 Å². The van der Waals surface area contributed by atoms with Crippen LogP contribution < -0.4 is 21.3 Å². The fourth-order valence-electron chi connectivity index (χ4n) is 4.43. The van der Waals surface area contributed by atoms with Gasteiger partial charge in [0.1, 0.15) is 23.4 Å². The Hall–Kier alpha value is -5.23. The molecule has 0 saturated heterocycles. The molecule has 12 heteroatoms. The van der Waals surface area contributed by atoms with Crippen molar-refractivity contribution in [3.05, 3.63) is 95.6 Å². The maximum atomic E-state index is 13.4. The van der Waals surface area contributed by atoms with Crippen LogP contribution in [0.5, 0.6) is 5.75 Å². The van der Waals surface area contributed by atoms with Crippen molar-refractivity contribution in [2.24, 2.45) is 0 Å². The van der Waals surface area contributed by atoms with Gasteiger partial charge in [0.15, 0.2) is 0 Å². The molecule has 0 bridgehead atoms. The van der Waals surface area contributed by atoms with Gasteiger partial charge in [-0.3, -0.25) is 24.5 Å². The summed E-state index contributed by atoms with van der Waals surface area (Å²) in [6, 6.07) is 17.9. The number of hydrogen-bond donors (Lipinski definition) is 7. The van der Waals surface area contributed by atoms with Crippen LogP contribution >= 0.6 is 0 Å².